The van der Waals surface area contributed by atoms with Crippen LogP contribution in [0, 0.1) is 0 Å². The molecular formula is C29H33N5O3. The fourth-order valence-electron chi connectivity index (χ4n) is 5.65. The number of fused-ring (bicyclic) bond motifs is 6. The standard InChI is InChI=1S/C29H33N5O3/c1-4-19(2)30-14-7-15-33-20(3)24-17-32(29(33)36)18-26-27(24)23-8-5-6-9-25(23)34(26)16-21-10-12-22(13-11-21)28(35)31-37/h4-6,8-10,12,24,30,37H,1-3,7,11,13-18H2,(H,31,35). The third-order valence-electron chi connectivity index (χ3n) is 7.61. The number of hydroxylamine groups is 1. The molecule has 192 valence electrons. The minimum atomic E-state index is -0.456. The van der Waals surface area contributed by atoms with Crippen molar-refractivity contribution in [3.63, 3.8) is 0 Å². The first-order valence-corrected chi connectivity index (χ1v) is 12.7. The maximum atomic E-state index is 13.4. The summed E-state index contributed by atoms with van der Waals surface area (Å²) in [7, 11) is 0. The summed E-state index contributed by atoms with van der Waals surface area (Å²) < 4.78 is 2.32. The van der Waals surface area contributed by atoms with E-state index < -0.39 is 5.91 Å². The average molecular weight is 500 g/mol. The van der Waals surface area contributed by atoms with Gasteiger partial charge in [-0.2, -0.15) is 0 Å². The van der Waals surface area contributed by atoms with E-state index in [9.17, 15) is 9.59 Å². The molecule has 1 aromatic heterocycles. The Kier molecular flexibility index (Phi) is 6.76. The number of urea groups is 1. The number of carbonyl (C=O) groups excluding carboxylic acids is 2. The first-order chi connectivity index (χ1) is 17.9. The molecule has 1 aromatic carbocycles. The quantitative estimate of drug-likeness (QED) is 0.207. The maximum absolute atomic E-state index is 13.4. The third kappa shape index (κ3) is 4.49. The molecule has 1 saturated heterocycles. The molecule has 1 unspecified atom stereocenters. The number of hydrogen-bond acceptors (Lipinski definition) is 4. The van der Waals surface area contributed by atoms with Crippen LogP contribution in [0.5, 0.6) is 0 Å². The van der Waals surface area contributed by atoms with E-state index in [1.807, 2.05) is 21.9 Å². The summed E-state index contributed by atoms with van der Waals surface area (Å²) in [5.74, 6) is -0.411. The van der Waals surface area contributed by atoms with Crippen molar-refractivity contribution >= 4 is 22.8 Å². The van der Waals surface area contributed by atoms with Gasteiger partial charge in [0.05, 0.1) is 6.54 Å². The first kappa shape index (κ1) is 24.6. The topological polar surface area (TPSA) is 89.8 Å². The minimum absolute atomic E-state index is 0.00530. The Morgan fingerprint density at radius 3 is 2.76 bits per heavy atom. The van der Waals surface area contributed by atoms with Gasteiger partial charge in [-0.3, -0.25) is 14.9 Å². The molecule has 0 saturated carbocycles. The van der Waals surface area contributed by atoms with Gasteiger partial charge in [-0.1, -0.05) is 55.7 Å². The fourth-order valence-corrected chi connectivity index (χ4v) is 5.65. The van der Waals surface area contributed by atoms with Gasteiger partial charge < -0.3 is 14.8 Å². The van der Waals surface area contributed by atoms with Crippen LogP contribution in [0.25, 0.3) is 10.9 Å². The Labute approximate surface area is 216 Å². The highest BCUT2D eigenvalue weighted by atomic mass is 16.5. The number of para-hydroxylation sites is 1. The Balaban J connectivity index is 1.44. The molecule has 37 heavy (non-hydrogen) atoms. The van der Waals surface area contributed by atoms with Crippen LogP contribution in [0.2, 0.25) is 0 Å². The molecule has 3 N–H and O–H groups in total. The molecule has 2 bridgehead atoms. The molecule has 5 rings (SSSR count). The lowest BCUT2D eigenvalue weighted by molar-refractivity contribution is -0.125. The number of nitrogens with zero attached hydrogens (tertiary/aromatic N) is 3. The number of allylic oxidation sites excluding steroid dienone is 4. The summed E-state index contributed by atoms with van der Waals surface area (Å²) in [6.07, 6.45) is 7.53. The van der Waals surface area contributed by atoms with Crippen molar-refractivity contribution in [3.05, 3.63) is 96.0 Å². The zero-order chi connectivity index (χ0) is 26.1. The number of amides is 3. The van der Waals surface area contributed by atoms with Crippen molar-refractivity contribution in [2.45, 2.75) is 38.3 Å². The summed E-state index contributed by atoms with van der Waals surface area (Å²) in [5, 5.41) is 13.3. The van der Waals surface area contributed by atoms with E-state index in [1.54, 1.807) is 17.6 Å². The number of aromatic nitrogens is 1. The lowest BCUT2D eigenvalue weighted by atomic mass is 9.87. The van der Waals surface area contributed by atoms with Gasteiger partial charge in [0.15, 0.2) is 0 Å². The van der Waals surface area contributed by atoms with E-state index in [-0.39, 0.29) is 11.9 Å². The summed E-state index contributed by atoms with van der Waals surface area (Å²) in [5.41, 5.74) is 8.67. The second kappa shape index (κ2) is 10.1. The van der Waals surface area contributed by atoms with Gasteiger partial charge in [0.25, 0.3) is 5.91 Å². The van der Waals surface area contributed by atoms with E-state index in [0.717, 1.165) is 35.4 Å². The molecule has 3 amide bonds. The van der Waals surface area contributed by atoms with Crippen molar-refractivity contribution in [3.8, 4) is 0 Å². The number of nitrogens with one attached hydrogen (secondary N) is 2. The van der Waals surface area contributed by atoms with Gasteiger partial charge in [0, 0.05) is 65.7 Å². The second-order valence-electron chi connectivity index (χ2n) is 9.79. The lowest BCUT2D eigenvalue weighted by Gasteiger charge is -2.45. The SMILES string of the molecule is C=CC(=C)NCCCN1C(=C)C2CN(Cc3c2c2ccccc2n3CC2=CC=C(C(=O)NO)CC2)C1=O. The van der Waals surface area contributed by atoms with Crippen LogP contribution in [0.4, 0.5) is 4.79 Å². The summed E-state index contributed by atoms with van der Waals surface area (Å²) in [4.78, 5) is 29.0. The third-order valence-corrected chi connectivity index (χ3v) is 7.61. The van der Waals surface area contributed by atoms with E-state index in [2.05, 4.69) is 47.8 Å². The minimum Gasteiger partial charge on any atom is -0.385 e. The van der Waals surface area contributed by atoms with Crippen LogP contribution in [-0.2, 0) is 17.9 Å². The van der Waals surface area contributed by atoms with E-state index in [4.69, 9.17) is 5.21 Å². The molecule has 0 spiro atoms. The predicted molar refractivity (Wildman–Crippen MR) is 144 cm³/mol. The smallest absolute Gasteiger partial charge is 0.324 e. The van der Waals surface area contributed by atoms with Crippen molar-refractivity contribution in [1.29, 1.82) is 0 Å². The Bertz CT molecular complexity index is 1370. The highest BCUT2D eigenvalue weighted by molar-refractivity contribution is 5.93. The normalized spacial score (nSPS) is 18.8. The molecule has 2 aliphatic heterocycles. The molecule has 1 atom stereocenters. The first-order valence-electron chi connectivity index (χ1n) is 12.7. The number of hydrogen-bond donors (Lipinski definition) is 3. The van der Waals surface area contributed by atoms with E-state index in [1.165, 1.54) is 16.5 Å². The van der Waals surface area contributed by atoms with Crippen molar-refractivity contribution in [1.82, 2.24) is 25.2 Å². The molecule has 0 radical (unpaired) electrons. The molecule has 1 aliphatic carbocycles. The van der Waals surface area contributed by atoms with Gasteiger partial charge in [0.2, 0.25) is 0 Å². The summed E-state index contributed by atoms with van der Waals surface area (Å²) >= 11 is 0. The zero-order valence-corrected chi connectivity index (χ0v) is 21.0. The van der Waals surface area contributed by atoms with Crippen LogP contribution in [0.3, 0.4) is 0 Å². The van der Waals surface area contributed by atoms with Crippen LogP contribution in [-0.4, -0.2) is 51.1 Å². The van der Waals surface area contributed by atoms with Gasteiger partial charge in [-0.15, -0.1) is 0 Å². The Hall–Kier alpha value is -4.04. The second-order valence-corrected chi connectivity index (χ2v) is 9.79. The van der Waals surface area contributed by atoms with Gasteiger partial charge >= 0.3 is 6.03 Å². The number of benzene rings is 1. The molecule has 3 heterocycles. The Morgan fingerprint density at radius 1 is 1.22 bits per heavy atom. The number of rotatable bonds is 9. The van der Waals surface area contributed by atoms with Crippen LogP contribution in [0.1, 0.15) is 36.4 Å². The van der Waals surface area contributed by atoms with Gasteiger partial charge in [-0.05, 0) is 37.0 Å². The highest BCUT2D eigenvalue weighted by Gasteiger charge is 2.42. The Morgan fingerprint density at radius 2 is 2.03 bits per heavy atom. The molecule has 8 nitrogen and oxygen atoms in total. The largest absolute Gasteiger partial charge is 0.385 e. The van der Waals surface area contributed by atoms with Crippen LogP contribution < -0.4 is 10.8 Å². The predicted octanol–water partition coefficient (Wildman–Crippen LogP) is 4.32. The summed E-state index contributed by atoms with van der Waals surface area (Å²) in [6, 6.07) is 8.42. The monoisotopic (exact) mass is 499 g/mol. The number of carbonyl (C=O) groups is 2. The van der Waals surface area contributed by atoms with Crippen molar-refractivity contribution in [2.24, 2.45) is 0 Å². The molecule has 8 heteroatoms. The average Bonchev–Trinajstić information content (AvgIpc) is 3.24. The van der Waals surface area contributed by atoms with Crippen molar-refractivity contribution in [2.75, 3.05) is 19.6 Å². The maximum Gasteiger partial charge on any atom is 0.324 e. The van der Waals surface area contributed by atoms with Gasteiger partial charge in [-0.25, -0.2) is 10.3 Å². The van der Waals surface area contributed by atoms with E-state index >= 15 is 0 Å². The highest BCUT2D eigenvalue weighted by Crippen LogP contribution is 2.44. The lowest BCUT2D eigenvalue weighted by Crippen LogP contribution is -2.53. The summed E-state index contributed by atoms with van der Waals surface area (Å²) in [6.45, 7) is 15.2. The molecule has 1 fully saturated rings. The molecular weight excluding hydrogens is 466 g/mol. The van der Waals surface area contributed by atoms with Crippen LogP contribution in [0.15, 0.2) is 84.8 Å². The van der Waals surface area contributed by atoms with Crippen molar-refractivity contribution < 1.29 is 14.8 Å². The molecule has 3 aliphatic rings. The fraction of sp³-hybridized carbons (Fsp3) is 0.310. The van der Waals surface area contributed by atoms with Gasteiger partial charge in [0.1, 0.15) is 0 Å². The van der Waals surface area contributed by atoms with E-state index in [0.29, 0.717) is 44.7 Å². The van der Waals surface area contributed by atoms with Crippen LogP contribution >= 0.6 is 0 Å². The molecule has 2 aromatic rings. The zero-order valence-electron chi connectivity index (χ0n) is 21.0.